The lowest BCUT2D eigenvalue weighted by atomic mass is 9.75. The fourth-order valence-electron chi connectivity index (χ4n) is 2.92. The summed E-state index contributed by atoms with van der Waals surface area (Å²) in [7, 11) is 0. The van der Waals surface area contributed by atoms with Gasteiger partial charge >= 0.3 is 5.97 Å². The van der Waals surface area contributed by atoms with Crippen LogP contribution in [-0.4, -0.2) is 27.5 Å². The van der Waals surface area contributed by atoms with E-state index in [0.717, 1.165) is 25.0 Å². The van der Waals surface area contributed by atoms with Gasteiger partial charge in [-0.05, 0) is 50.7 Å². The highest BCUT2D eigenvalue weighted by Gasteiger charge is 2.43. The summed E-state index contributed by atoms with van der Waals surface area (Å²) < 4.78 is 0. The van der Waals surface area contributed by atoms with Gasteiger partial charge < -0.3 is 10.4 Å². The van der Waals surface area contributed by atoms with E-state index in [1.54, 1.807) is 25.1 Å². The zero-order chi connectivity index (χ0) is 15.5. The average Bonchev–Trinajstić information content (AvgIpc) is 2.47. The van der Waals surface area contributed by atoms with Crippen LogP contribution in [0.4, 0.5) is 0 Å². The molecule has 2 N–H and O–H groups in total. The summed E-state index contributed by atoms with van der Waals surface area (Å²) in [5.41, 5.74) is -0.135. The normalized spacial score (nSPS) is 25.3. The van der Waals surface area contributed by atoms with Crippen molar-refractivity contribution in [1.82, 2.24) is 10.3 Å². The molecule has 2 rings (SSSR count). The molecule has 1 saturated carbocycles. The lowest BCUT2D eigenvalue weighted by molar-refractivity contribution is -0.146. The van der Waals surface area contributed by atoms with E-state index in [-0.39, 0.29) is 5.69 Å². The van der Waals surface area contributed by atoms with Crippen LogP contribution in [0.5, 0.6) is 0 Å². The summed E-state index contributed by atoms with van der Waals surface area (Å²) in [6.45, 7) is 3.92. The van der Waals surface area contributed by atoms with E-state index in [0.29, 0.717) is 18.8 Å². The van der Waals surface area contributed by atoms with Crippen molar-refractivity contribution in [3.05, 3.63) is 29.6 Å². The fraction of sp³-hybridized carbons (Fsp3) is 0.562. The molecule has 0 aromatic carbocycles. The van der Waals surface area contributed by atoms with Gasteiger partial charge in [-0.15, -0.1) is 0 Å². The summed E-state index contributed by atoms with van der Waals surface area (Å²) in [4.78, 5) is 28.1. The maximum atomic E-state index is 12.3. The lowest BCUT2D eigenvalue weighted by Crippen LogP contribution is -2.56. The van der Waals surface area contributed by atoms with E-state index in [2.05, 4.69) is 17.2 Å². The number of hydrogen-bond donors (Lipinski definition) is 2. The van der Waals surface area contributed by atoms with Crippen LogP contribution in [0.1, 0.15) is 55.2 Å². The van der Waals surface area contributed by atoms with Crippen molar-refractivity contribution >= 4 is 11.9 Å². The molecule has 1 amide bonds. The van der Waals surface area contributed by atoms with Gasteiger partial charge in [-0.1, -0.05) is 19.4 Å². The Labute approximate surface area is 124 Å². The minimum Gasteiger partial charge on any atom is -0.480 e. The van der Waals surface area contributed by atoms with E-state index in [1.807, 2.05) is 0 Å². The van der Waals surface area contributed by atoms with Gasteiger partial charge in [-0.2, -0.15) is 0 Å². The molecular weight excluding hydrogens is 268 g/mol. The van der Waals surface area contributed by atoms with Gasteiger partial charge in [0.05, 0.1) is 0 Å². The number of amides is 1. The first-order chi connectivity index (χ1) is 9.97. The van der Waals surface area contributed by atoms with Gasteiger partial charge in [-0.3, -0.25) is 4.79 Å². The first-order valence-corrected chi connectivity index (χ1v) is 7.46. The van der Waals surface area contributed by atoms with Crippen LogP contribution in [0.25, 0.3) is 0 Å². The van der Waals surface area contributed by atoms with Gasteiger partial charge in [0, 0.05) is 5.69 Å². The molecule has 0 radical (unpaired) electrons. The number of nitrogens with one attached hydrogen (secondary N) is 1. The van der Waals surface area contributed by atoms with Gasteiger partial charge in [0.15, 0.2) is 0 Å². The Morgan fingerprint density at radius 2 is 2.05 bits per heavy atom. The molecule has 0 bridgehead atoms. The first kappa shape index (κ1) is 15.5. The zero-order valence-corrected chi connectivity index (χ0v) is 12.6. The number of rotatable bonds is 4. The van der Waals surface area contributed by atoms with E-state index in [4.69, 9.17) is 0 Å². The van der Waals surface area contributed by atoms with Crippen molar-refractivity contribution in [3.63, 3.8) is 0 Å². The maximum Gasteiger partial charge on any atom is 0.329 e. The second-order valence-corrected chi connectivity index (χ2v) is 5.86. The zero-order valence-electron chi connectivity index (χ0n) is 12.6. The highest BCUT2D eigenvalue weighted by Crippen LogP contribution is 2.34. The molecule has 1 aliphatic rings. The highest BCUT2D eigenvalue weighted by atomic mass is 16.4. The second-order valence-electron chi connectivity index (χ2n) is 5.86. The molecule has 1 heterocycles. The lowest BCUT2D eigenvalue weighted by Gasteiger charge is -2.37. The predicted octanol–water partition coefficient (Wildman–Crippen LogP) is 2.54. The van der Waals surface area contributed by atoms with Gasteiger partial charge in [0.2, 0.25) is 0 Å². The first-order valence-electron chi connectivity index (χ1n) is 7.46. The SMILES string of the molecule is CCC1CCC(NC(=O)c2cccc(C)n2)(C(=O)O)CC1. The van der Waals surface area contributed by atoms with Crippen LogP contribution in [-0.2, 0) is 4.79 Å². The summed E-state index contributed by atoms with van der Waals surface area (Å²) in [5, 5.41) is 12.3. The number of nitrogens with zero attached hydrogens (tertiary/aromatic N) is 1. The Morgan fingerprint density at radius 1 is 1.38 bits per heavy atom. The molecule has 5 heteroatoms. The van der Waals surface area contributed by atoms with Crippen molar-refractivity contribution in [2.75, 3.05) is 0 Å². The standard InChI is InChI=1S/C16H22N2O3/c1-3-12-7-9-16(10-8-12,15(20)21)18-14(19)13-6-4-5-11(2)17-13/h4-6,12H,3,7-10H2,1-2H3,(H,18,19)(H,20,21). The number of aryl methyl sites for hydroxylation is 1. The van der Waals surface area contributed by atoms with E-state index < -0.39 is 17.4 Å². The predicted molar refractivity (Wildman–Crippen MR) is 79.1 cm³/mol. The number of pyridine rings is 1. The molecule has 1 aromatic rings. The summed E-state index contributed by atoms with van der Waals surface area (Å²) in [6.07, 6.45) is 3.70. The van der Waals surface area contributed by atoms with E-state index >= 15 is 0 Å². The van der Waals surface area contributed by atoms with Crippen LogP contribution < -0.4 is 5.32 Å². The third-order valence-corrected chi connectivity index (χ3v) is 4.42. The molecular formula is C16H22N2O3. The van der Waals surface area contributed by atoms with E-state index in [1.165, 1.54) is 0 Å². The van der Waals surface area contributed by atoms with Gasteiger partial charge in [0.1, 0.15) is 11.2 Å². The van der Waals surface area contributed by atoms with Crippen molar-refractivity contribution in [1.29, 1.82) is 0 Å². The minimum atomic E-state index is -1.14. The van der Waals surface area contributed by atoms with Crippen LogP contribution >= 0.6 is 0 Å². The molecule has 21 heavy (non-hydrogen) atoms. The Bertz CT molecular complexity index is 534. The van der Waals surface area contributed by atoms with Gasteiger partial charge in [-0.25, -0.2) is 9.78 Å². The number of carbonyl (C=O) groups is 2. The summed E-state index contributed by atoms with van der Waals surface area (Å²) in [6, 6.07) is 5.16. The molecule has 0 spiro atoms. The maximum absolute atomic E-state index is 12.3. The van der Waals surface area contributed by atoms with Gasteiger partial charge in [0.25, 0.3) is 5.91 Å². The molecule has 114 valence electrons. The van der Waals surface area contributed by atoms with Crippen LogP contribution in [0.2, 0.25) is 0 Å². The van der Waals surface area contributed by atoms with Crippen molar-refractivity contribution in [3.8, 4) is 0 Å². The highest BCUT2D eigenvalue weighted by molar-refractivity contribution is 5.96. The second kappa shape index (κ2) is 6.24. The molecule has 0 atom stereocenters. The Kier molecular flexibility index (Phi) is 4.60. The Balaban J connectivity index is 2.14. The van der Waals surface area contributed by atoms with E-state index in [9.17, 15) is 14.7 Å². The fourth-order valence-corrected chi connectivity index (χ4v) is 2.92. The molecule has 1 aliphatic carbocycles. The Hall–Kier alpha value is -1.91. The monoisotopic (exact) mass is 290 g/mol. The molecule has 1 aromatic heterocycles. The third-order valence-electron chi connectivity index (χ3n) is 4.42. The molecule has 5 nitrogen and oxygen atoms in total. The van der Waals surface area contributed by atoms with Crippen molar-refractivity contribution < 1.29 is 14.7 Å². The molecule has 0 unspecified atom stereocenters. The third kappa shape index (κ3) is 3.40. The van der Waals surface area contributed by atoms with Crippen LogP contribution in [0, 0.1) is 12.8 Å². The molecule has 0 saturated heterocycles. The topological polar surface area (TPSA) is 79.3 Å². The quantitative estimate of drug-likeness (QED) is 0.893. The number of carboxylic acids is 1. The number of carbonyl (C=O) groups excluding carboxylic acids is 1. The van der Waals surface area contributed by atoms with Crippen LogP contribution in [0.3, 0.4) is 0 Å². The molecule has 0 aliphatic heterocycles. The largest absolute Gasteiger partial charge is 0.480 e. The van der Waals surface area contributed by atoms with Crippen molar-refractivity contribution in [2.45, 2.75) is 51.5 Å². The Morgan fingerprint density at radius 3 is 2.57 bits per heavy atom. The number of aliphatic carboxylic acids is 1. The van der Waals surface area contributed by atoms with Crippen LogP contribution in [0.15, 0.2) is 18.2 Å². The number of hydrogen-bond acceptors (Lipinski definition) is 3. The minimum absolute atomic E-state index is 0.272. The summed E-state index contributed by atoms with van der Waals surface area (Å²) >= 11 is 0. The summed E-state index contributed by atoms with van der Waals surface area (Å²) in [5.74, 6) is -0.791. The number of carboxylic acid groups (broad SMARTS) is 1. The average molecular weight is 290 g/mol. The smallest absolute Gasteiger partial charge is 0.329 e. The van der Waals surface area contributed by atoms with Crippen molar-refractivity contribution in [2.24, 2.45) is 5.92 Å². The molecule has 1 fully saturated rings. The number of aromatic nitrogens is 1.